The van der Waals surface area contributed by atoms with Crippen molar-refractivity contribution in [3.63, 3.8) is 0 Å². The first-order valence-corrected chi connectivity index (χ1v) is 25.1. The third-order valence-corrected chi connectivity index (χ3v) is 16.6. The number of carbonyl (C=O) groups excluding carboxylic acids is 7. The maximum Gasteiger partial charge on any atom is 0.249 e. The van der Waals surface area contributed by atoms with Crippen molar-refractivity contribution < 1.29 is 46.7 Å². The highest BCUT2D eigenvalue weighted by Crippen LogP contribution is 2.44. The first-order valence-electron chi connectivity index (χ1n) is 22.2. The number of likely N-dealkylation sites (tertiary alicyclic amines) is 1. The van der Waals surface area contributed by atoms with Crippen LogP contribution in [0.4, 0.5) is 0 Å². The van der Waals surface area contributed by atoms with Gasteiger partial charge in [0, 0.05) is 50.9 Å². The molecule has 3 aliphatic carbocycles. The Morgan fingerprint density at radius 1 is 0.867 bits per heavy atom. The molecule has 0 spiro atoms. The molecule has 4 aliphatic heterocycles. The maximum absolute atomic E-state index is 13.5. The molecule has 11 unspecified atom stereocenters. The maximum atomic E-state index is 13.5. The van der Waals surface area contributed by atoms with E-state index < -0.39 is 57.6 Å². The quantitative estimate of drug-likeness (QED) is 0.115. The first-order chi connectivity index (χ1) is 28.7. The standard InChI is InChI=1S/C41H63N7O10S2/c1-60(56,57)47-16-15-28(22-47)37(52)43-21-35(51)46-41-44-30(23-59-41)27-9-3-8-26(19-27)25-7-2-6-24(18-25)20-42-33(49)12-5-17-58-32-11-4-10-29-36(32)40(55)48(39(29)54)31-13-14-34(50)45-38(31)53/h24-32,36,41,44H,2-23H2,1H3,(H,42,49)(H,43,52)(H,46,51)(H,45,50,53). The monoisotopic (exact) mass is 877 g/mol. The number of piperidine rings is 1. The molecular formula is C41H63N7O10S2. The van der Waals surface area contributed by atoms with Gasteiger partial charge in [0.25, 0.3) is 0 Å². The number of amides is 7. The zero-order valence-electron chi connectivity index (χ0n) is 34.7. The molecule has 60 heavy (non-hydrogen) atoms. The van der Waals surface area contributed by atoms with Gasteiger partial charge in [-0.05, 0) is 81.5 Å². The Bertz CT molecular complexity index is 1770. The van der Waals surface area contributed by atoms with Crippen LogP contribution in [0.5, 0.6) is 0 Å². The molecule has 5 N–H and O–H groups in total. The van der Waals surface area contributed by atoms with Crippen molar-refractivity contribution >= 4 is 63.1 Å². The lowest BCUT2D eigenvalue weighted by molar-refractivity contribution is -0.152. The Morgan fingerprint density at radius 3 is 2.38 bits per heavy atom. The lowest BCUT2D eigenvalue weighted by Crippen LogP contribution is -2.54. The summed E-state index contributed by atoms with van der Waals surface area (Å²) < 4.78 is 31.0. The minimum absolute atomic E-state index is 0.0142. The van der Waals surface area contributed by atoms with E-state index in [0.717, 1.165) is 55.4 Å². The fourth-order valence-corrected chi connectivity index (χ4v) is 13.2. The van der Waals surface area contributed by atoms with Crippen LogP contribution in [0.25, 0.3) is 0 Å². The number of nitrogens with one attached hydrogen (secondary N) is 5. The number of sulfonamides is 1. The van der Waals surface area contributed by atoms with Gasteiger partial charge in [-0.25, -0.2) is 12.7 Å². The molecule has 11 atom stereocenters. The second kappa shape index (κ2) is 19.9. The summed E-state index contributed by atoms with van der Waals surface area (Å²) in [6, 6.07) is -0.658. The van der Waals surface area contributed by atoms with Crippen LogP contribution in [0.15, 0.2) is 0 Å². The molecule has 0 bridgehead atoms. The third-order valence-electron chi connectivity index (χ3n) is 14.2. The van der Waals surface area contributed by atoms with Gasteiger partial charge >= 0.3 is 0 Å². The third kappa shape index (κ3) is 10.9. The van der Waals surface area contributed by atoms with Crippen molar-refractivity contribution in [1.29, 1.82) is 0 Å². The molecule has 0 aromatic heterocycles. The van der Waals surface area contributed by atoms with Crippen molar-refractivity contribution in [3.05, 3.63) is 0 Å². The van der Waals surface area contributed by atoms with Crippen molar-refractivity contribution in [2.45, 2.75) is 126 Å². The number of hydrogen-bond donors (Lipinski definition) is 5. The topological polar surface area (TPSA) is 229 Å². The summed E-state index contributed by atoms with van der Waals surface area (Å²) in [6.45, 7) is 1.27. The van der Waals surface area contributed by atoms with Gasteiger partial charge in [0.15, 0.2) is 0 Å². The summed E-state index contributed by atoms with van der Waals surface area (Å²) in [5.41, 5.74) is -0.221. The van der Waals surface area contributed by atoms with Crippen LogP contribution >= 0.6 is 11.8 Å². The van der Waals surface area contributed by atoms with E-state index >= 15 is 0 Å². The van der Waals surface area contributed by atoms with E-state index in [9.17, 15) is 42.0 Å². The number of rotatable bonds is 15. The van der Waals surface area contributed by atoms with E-state index in [0.29, 0.717) is 81.5 Å². The predicted molar refractivity (Wildman–Crippen MR) is 221 cm³/mol. The van der Waals surface area contributed by atoms with E-state index in [1.54, 1.807) is 11.8 Å². The Labute approximate surface area is 357 Å². The van der Waals surface area contributed by atoms with Crippen LogP contribution in [0.1, 0.15) is 103 Å². The van der Waals surface area contributed by atoms with Crippen molar-refractivity contribution in [2.75, 3.05) is 44.8 Å². The molecule has 4 heterocycles. The lowest BCUT2D eigenvalue weighted by atomic mass is 9.67. The summed E-state index contributed by atoms with van der Waals surface area (Å²) in [5.74, 6) is -0.809. The highest BCUT2D eigenvalue weighted by atomic mass is 32.2. The molecular weight excluding hydrogens is 815 g/mol. The van der Waals surface area contributed by atoms with Gasteiger partial charge in [-0.1, -0.05) is 32.1 Å². The average Bonchev–Trinajstić information content (AvgIpc) is 3.98. The van der Waals surface area contributed by atoms with Crippen molar-refractivity contribution in [3.8, 4) is 0 Å². The van der Waals surface area contributed by atoms with Gasteiger partial charge in [-0.3, -0.25) is 49.1 Å². The average molecular weight is 878 g/mol. The molecule has 7 fully saturated rings. The number of imide groups is 2. The van der Waals surface area contributed by atoms with E-state index in [-0.39, 0.29) is 55.1 Å². The first kappa shape index (κ1) is 44.9. The van der Waals surface area contributed by atoms with Crippen LogP contribution in [0.2, 0.25) is 0 Å². The van der Waals surface area contributed by atoms with E-state index in [2.05, 4.69) is 26.6 Å². The van der Waals surface area contributed by atoms with Gasteiger partial charge in [0.05, 0.1) is 36.7 Å². The van der Waals surface area contributed by atoms with Crippen molar-refractivity contribution in [2.24, 2.45) is 41.4 Å². The minimum Gasteiger partial charge on any atom is -0.377 e. The Hall–Kier alpha value is -3.13. The zero-order valence-corrected chi connectivity index (χ0v) is 36.3. The van der Waals surface area contributed by atoms with Gasteiger partial charge in [0.2, 0.25) is 51.4 Å². The highest BCUT2D eigenvalue weighted by Gasteiger charge is 2.56. The van der Waals surface area contributed by atoms with E-state index in [4.69, 9.17) is 4.74 Å². The summed E-state index contributed by atoms with van der Waals surface area (Å²) >= 11 is 1.68. The normalized spacial score (nSPS) is 35.2. The summed E-state index contributed by atoms with van der Waals surface area (Å²) in [6.07, 6.45) is 13.4. The summed E-state index contributed by atoms with van der Waals surface area (Å²) in [5, 5.41) is 14.7. The molecule has 7 rings (SSSR count). The van der Waals surface area contributed by atoms with Crippen molar-refractivity contribution in [1.82, 2.24) is 35.8 Å². The van der Waals surface area contributed by atoms with Crippen LogP contribution in [0.3, 0.4) is 0 Å². The number of fused-ring (bicyclic) bond motifs is 1. The fourth-order valence-electron chi connectivity index (χ4n) is 11.1. The molecule has 3 saturated carbocycles. The second-order valence-electron chi connectivity index (χ2n) is 18.3. The molecule has 7 amide bonds. The SMILES string of the molecule is CS(=O)(=O)N1CCC(C(=O)NCC(=O)NC2NC(C3CCCC(C4CCCC(CNC(=O)CCCOC5CCCC6C(=O)N(C7CCC(=O)NC7=O)C(=O)C56)C4)C3)CS2)C1. The molecule has 4 saturated heterocycles. The summed E-state index contributed by atoms with van der Waals surface area (Å²) in [4.78, 5) is 90.0. The number of hydrogen-bond acceptors (Lipinski definition) is 12. The van der Waals surface area contributed by atoms with E-state index in [1.165, 1.54) is 23.6 Å². The lowest BCUT2D eigenvalue weighted by Gasteiger charge is -2.40. The Morgan fingerprint density at radius 2 is 1.62 bits per heavy atom. The molecule has 7 aliphatic rings. The number of nitrogens with zero attached hydrogens (tertiary/aromatic N) is 2. The molecule has 17 nitrogen and oxygen atoms in total. The molecule has 334 valence electrons. The van der Waals surface area contributed by atoms with Gasteiger partial charge in [-0.15, -0.1) is 11.8 Å². The predicted octanol–water partition coefficient (Wildman–Crippen LogP) is 0.974. The van der Waals surface area contributed by atoms with Gasteiger partial charge < -0.3 is 20.7 Å². The zero-order chi connectivity index (χ0) is 42.6. The minimum atomic E-state index is -3.34. The molecule has 0 aromatic carbocycles. The largest absolute Gasteiger partial charge is 0.377 e. The number of carbonyl (C=O) groups is 7. The van der Waals surface area contributed by atoms with Gasteiger partial charge in [0.1, 0.15) is 11.5 Å². The van der Waals surface area contributed by atoms with Gasteiger partial charge in [-0.2, -0.15) is 0 Å². The fraction of sp³-hybridized carbons (Fsp3) is 0.829. The number of thioether (sulfide) groups is 1. The molecule has 0 aromatic rings. The van der Waals surface area contributed by atoms with Crippen LogP contribution in [-0.4, -0.2) is 127 Å². The molecule has 0 radical (unpaired) electrons. The highest BCUT2D eigenvalue weighted by molar-refractivity contribution is 8.00. The number of ether oxygens (including phenoxy) is 1. The molecule has 19 heteroatoms. The Kier molecular flexibility index (Phi) is 14.9. The van der Waals surface area contributed by atoms with Crippen LogP contribution in [0, 0.1) is 41.4 Å². The summed E-state index contributed by atoms with van der Waals surface area (Å²) in [7, 11) is -3.34. The van der Waals surface area contributed by atoms with Crippen LogP contribution < -0.4 is 26.6 Å². The van der Waals surface area contributed by atoms with E-state index in [1.807, 2.05) is 0 Å². The van der Waals surface area contributed by atoms with Crippen LogP contribution in [-0.2, 0) is 48.3 Å². The second-order valence-corrected chi connectivity index (χ2v) is 21.4. The smallest absolute Gasteiger partial charge is 0.249 e. The Balaban J connectivity index is 0.776.